The molecule has 1 rings (SSSR count). The summed E-state index contributed by atoms with van der Waals surface area (Å²) in [5, 5.41) is 8.98. The van der Waals surface area contributed by atoms with E-state index in [-0.39, 0.29) is 17.9 Å². The Bertz CT molecular complexity index is 208. The number of hydrogen-bond donors (Lipinski definition) is 1. The van der Waals surface area contributed by atoms with Gasteiger partial charge in [-0.25, -0.2) is 0 Å². The van der Waals surface area contributed by atoms with E-state index in [1.807, 2.05) is 6.92 Å². The van der Waals surface area contributed by atoms with Crippen LogP contribution >= 0.6 is 11.6 Å². The highest BCUT2D eigenvalue weighted by Crippen LogP contribution is 2.21. The molecule has 1 heterocycles. The Hall–Kier alpha value is -0.280. The number of aliphatic hydroxyl groups excluding tert-OH is 1. The fourth-order valence-corrected chi connectivity index (χ4v) is 1.89. The minimum Gasteiger partial charge on any atom is -0.393 e. The van der Waals surface area contributed by atoms with Gasteiger partial charge in [0.25, 0.3) is 0 Å². The first-order valence-electron chi connectivity index (χ1n) is 5.17. The van der Waals surface area contributed by atoms with Crippen molar-refractivity contribution in [2.75, 3.05) is 13.1 Å². The summed E-state index contributed by atoms with van der Waals surface area (Å²) in [7, 11) is 0. The first-order chi connectivity index (χ1) is 6.56. The van der Waals surface area contributed by atoms with E-state index in [2.05, 4.69) is 0 Å². The number of nitrogens with zero attached hydrogens (tertiary/aromatic N) is 1. The second-order valence-corrected chi connectivity index (χ2v) is 4.48. The molecule has 0 aromatic carbocycles. The molecule has 1 aliphatic heterocycles. The lowest BCUT2D eigenvalue weighted by Crippen LogP contribution is -2.35. The summed E-state index contributed by atoms with van der Waals surface area (Å²) < 4.78 is 0. The number of rotatable bonds is 3. The maximum absolute atomic E-state index is 11.7. The van der Waals surface area contributed by atoms with Crippen molar-refractivity contribution in [1.29, 1.82) is 0 Å². The van der Waals surface area contributed by atoms with Crippen molar-refractivity contribution in [3.8, 4) is 0 Å². The Morgan fingerprint density at radius 2 is 2.36 bits per heavy atom. The largest absolute Gasteiger partial charge is 0.393 e. The predicted molar refractivity (Wildman–Crippen MR) is 56.3 cm³/mol. The van der Waals surface area contributed by atoms with Crippen molar-refractivity contribution in [2.24, 2.45) is 5.92 Å². The molecule has 0 bridgehead atoms. The highest BCUT2D eigenvalue weighted by Gasteiger charge is 2.31. The molecule has 82 valence electrons. The molecule has 0 saturated carbocycles. The number of likely N-dealkylation sites (tertiary alicyclic amines) is 1. The maximum Gasteiger partial charge on any atom is 0.240 e. The molecule has 1 N–H and O–H groups in total. The van der Waals surface area contributed by atoms with E-state index in [9.17, 15) is 9.90 Å². The minimum absolute atomic E-state index is 0.0114. The van der Waals surface area contributed by atoms with E-state index in [0.717, 1.165) is 13.0 Å². The summed E-state index contributed by atoms with van der Waals surface area (Å²) in [6.45, 7) is 5.06. The lowest BCUT2D eigenvalue weighted by molar-refractivity contribution is -0.130. The fourth-order valence-electron chi connectivity index (χ4n) is 1.75. The molecule has 0 spiro atoms. The van der Waals surface area contributed by atoms with E-state index in [1.165, 1.54) is 0 Å². The summed E-state index contributed by atoms with van der Waals surface area (Å²) in [6.07, 6.45) is 1.22. The molecule has 0 aromatic rings. The van der Waals surface area contributed by atoms with Gasteiger partial charge in [0.05, 0.1) is 6.10 Å². The van der Waals surface area contributed by atoms with Crippen molar-refractivity contribution in [2.45, 2.75) is 38.2 Å². The lowest BCUT2D eigenvalue weighted by Gasteiger charge is -2.19. The number of aliphatic hydroxyl groups is 1. The Kier molecular flexibility index (Phi) is 4.20. The highest BCUT2D eigenvalue weighted by molar-refractivity contribution is 6.30. The molecule has 0 aliphatic carbocycles. The van der Waals surface area contributed by atoms with Crippen LogP contribution in [0.2, 0.25) is 0 Å². The molecule has 1 amide bonds. The van der Waals surface area contributed by atoms with Crippen molar-refractivity contribution in [1.82, 2.24) is 4.90 Å². The lowest BCUT2D eigenvalue weighted by atomic mass is 10.0. The van der Waals surface area contributed by atoms with Gasteiger partial charge in [-0.3, -0.25) is 4.79 Å². The van der Waals surface area contributed by atoms with Gasteiger partial charge in [0, 0.05) is 19.0 Å². The number of halogens is 1. The van der Waals surface area contributed by atoms with Crippen LogP contribution in [0.1, 0.15) is 26.7 Å². The van der Waals surface area contributed by atoms with Gasteiger partial charge in [-0.15, -0.1) is 11.6 Å². The standard InChI is InChI=1S/C10H18ClNO2/c1-3-9(11)10(14)12-5-4-8(6-12)7(2)13/h7-9,13H,3-6H2,1-2H3/t7-,8+,9+/m1/s1. The normalized spacial score (nSPS) is 26.3. The maximum atomic E-state index is 11.7. The van der Waals surface area contributed by atoms with Crippen LogP contribution in [-0.2, 0) is 4.79 Å². The van der Waals surface area contributed by atoms with Gasteiger partial charge in [0.2, 0.25) is 5.91 Å². The second kappa shape index (κ2) is 4.99. The van der Waals surface area contributed by atoms with Crippen LogP contribution in [0.15, 0.2) is 0 Å². The van der Waals surface area contributed by atoms with Crippen LogP contribution < -0.4 is 0 Å². The van der Waals surface area contributed by atoms with Gasteiger partial charge in [0.15, 0.2) is 0 Å². The van der Waals surface area contributed by atoms with E-state index >= 15 is 0 Å². The number of amides is 1. The average Bonchev–Trinajstić information content (AvgIpc) is 2.64. The fraction of sp³-hybridized carbons (Fsp3) is 0.900. The van der Waals surface area contributed by atoms with Gasteiger partial charge in [-0.2, -0.15) is 0 Å². The molecule has 1 saturated heterocycles. The zero-order valence-corrected chi connectivity index (χ0v) is 9.50. The molecule has 0 radical (unpaired) electrons. The van der Waals surface area contributed by atoms with Gasteiger partial charge in [0.1, 0.15) is 5.38 Å². The summed E-state index contributed by atoms with van der Waals surface area (Å²) in [6, 6.07) is 0. The first-order valence-corrected chi connectivity index (χ1v) is 5.60. The van der Waals surface area contributed by atoms with Crippen LogP contribution in [0, 0.1) is 5.92 Å². The van der Waals surface area contributed by atoms with Crippen molar-refractivity contribution >= 4 is 17.5 Å². The summed E-state index contributed by atoms with van der Waals surface area (Å²) in [5.41, 5.74) is 0. The Balaban J connectivity index is 2.45. The smallest absolute Gasteiger partial charge is 0.240 e. The number of hydrogen-bond acceptors (Lipinski definition) is 2. The molecule has 3 nitrogen and oxygen atoms in total. The molecule has 4 heteroatoms. The number of alkyl halides is 1. The van der Waals surface area contributed by atoms with E-state index < -0.39 is 5.38 Å². The second-order valence-electron chi connectivity index (χ2n) is 3.95. The summed E-state index contributed by atoms with van der Waals surface area (Å²) in [5.74, 6) is 0.233. The van der Waals surface area contributed by atoms with Crippen molar-refractivity contribution in [3.05, 3.63) is 0 Å². The van der Waals surface area contributed by atoms with Crippen molar-refractivity contribution in [3.63, 3.8) is 0 Å². The van der Waals surface area contributed by atoms with E-state index in [1.54, 1.807) is 11.8 Å². The van der Waals surface area contributed by atoms with Gasteiger partial charge in [-0.05, 0) is 19.8 Å². The van der Waals surface area contributed by atoms with Crippen LogP contribution in [0.4, 0.5) is 0 Å². The SMILES string of the molecule is CC[C@H](Cl)C(=O)N1CC[C@H]([C@@H](C)O)C1. The third kappa shape index (κ3) is 2.61. The Labute approximate surface area is 90.0 Å². The Morgan fingerprint density at radius 1 is 1.71 bits per heavy atom. The van der Waals surface area contributed by atoms with Gasteiger partial charge in [-0.1, -0.05) is 6.92 Å². The minimum atomic E-state index is -0.400. The molecule has 0 aromatic heterocycles. The summed E-state index contributed by atoms with van der Waals surface area (Å²) in [4.78, 5) is 13.4. The van der Waals surface area contributed by atoms with Crippen molar-refractivity contribution < 1.29 is 9.90 Å². The van der Waals surface area contributed by atoms with Crippen LogP contribution in [-0.4, -0.2) is 40.5 Å². The van der Waals surface area contributed by atoms with E-state index in [0.29, 0.717) is 13.0 Å². The first kappa shape index (κ1) is 11.8. The molecule has 1 aliphatic rings. The zero-order chi connectivity index (χ0) is 10.7. The zero-order valence-electron chi connectivity index (χ0n) is 8.74. The molecular formula is C10H18ClNO2. The van der Waals surface area contributed by atoms with Crippen LogP contribution in [0.5, 0.6) is 0 Å². The van der Waals surface area contributed by atoms with Crippen LogP contribution in [0.25, 0.3) is 0 Å². The summed E-state index contributed by atoms with van der Waals surface area (Å²) >= 11 is 5.87. The Morgan fingerprint density at radius 3 is 2.79 bits per heavy atom. The monoisotopic (exact) mass is 219 g/mol. The predicted octanol–water partition coefficient (Wildman–Crippen LogP) is 1.23. The quantitative estimate of drug-likeness (QED) is 0.726. The highest BCUT2D eigenvalue weighted by atomic mass is 35.5. The molecule has 14 heavy (non-hydrogen) atoms. The topological polar surface area (TPSA) is 40.5 Å². The average molecular weight is 220 g/mol. The van der Waals surface area contributed by atoms with Crippen LogP contribution in [0.3, 0.4) is 0 Å². The van der Waals surface area contributed by atoms with Gasteiger partial charge < -0.3 is 10.0 Å². The van der Waals surface area contributed by atoms with Gasteiger partial charge >= 0.3 is 0 Å². The third-order valence-electron chi connectivity index (χ3n) is 2.84. The third-order valence-corrected chi connectivity index (χ3v) is 3.34. The molecule has 0 unspecified atom stereocenters. The molecular weight excluding hydrogens is 202 g/mol. The number of carbonyl (C=O) groups excluding carboxylic acids is 1. The molecule has 3 atom stereocenters. The molecule has 1 fully saturated rings. The number of carbonyl (C=O) groups is 1. The van der Waals surface area contributed by atoms with E-state index in [4.69, 9.17) is 11.6 Å².